The van der Waals surface area contributed by atoms with E-state index in [0.29, 0.717) is 17.7 Å². The summed E-state index contributed by atoms with van der Waals surface area (Å²) >= 11 is 0. The van der Waals surface area contributed by atoms with E-state index in [9.17, 15) is 9.59 Å². The number of carbonyl (C=O) groups excluding carboxylic acids is 2. The predicted octanol–water partition coefficient (Wildman–Crippen LogP) is 2.75. The maximum absolute atomic E-state index is 13.2. The highest BCUT2D eigenvalue weighted by Gasteiger charge is 2.39. The van der Waals surface area contributed by atoms with Gasteiger partial charge >= 0.3 is 0 Å². The summed E-state index contributed by atoms with van der Waals surface area (Å²) in [6.45, 7) is 9.03. The van der Waals surface area contributed by atoms with Crippen LogP contribution < -0.4 is 0 Å². The Balaban J connectivity index is 1.62. The van der Waals surface area contributed by atoms with Gasteiger partial charge in [0.2, 0.25) is 11.8 Å². The summed E-state index contributed by atoms with van der Waals surface area (Å²) in [5.74, 6) is 1.46. The SMILES string of the molecule is CCN(CC)C(=O)[C@H](C1CCCC1)N1CCN(C(=O)C2CCCC2)CC1. The largest absolute Gasteiger partial charge is 0.342 e. The smallest absolute Gasteiger partial charge is 0.240 e. The minimum Gasteiger partial charge on any atom is -0.342 e. The summed E-state index contributed by atoms with van der Waals surface area (Å²) in [7, 11) is 0. The summed E-state index contributed by atoms with van der Waals surface area (Å²) in [6.07, 6.45) is 9.43. The minimum atomic E-state index is 0.0288. The fourth-order valence-electron chi connectivity index (χ4n) is 5.30. The molecule has 3 rings (SSSR count). The molecule has 1 aliphatic heterocycles. The van der Waals surface area contributed by atoms with E-state index in [1.54, 1.807) is 0 Å². The Morgan fingerprint density at radius 3 is 1.96 bits per heavy atom. The molecule has 1 atom stereocenters. The fourth-order valence-corrected chi connectivity index (χ4v) is 5.30. The molecule has 2 saturated carbocycles. The molecule has 0 aromatic heterocycles. The average molecular weight is 364 g/mol. The average Bonchev–Trinajstić information content (AvgIpc) is 3.37. The number of carbonyl (C=O) groups is 2. The quantitative estimate of drug-likeness (QED) is 0.729. The van der Waals surface area contributed by atoms with Gasteiger partial charge in [0.1, 0.15) is 0 Å². The van der Waals surface area contributed by atoms with Gasteiger partial charge in [-0.05, 0) is 45.4 Å². The van der Waals surface area contributed by atoms with E-state index in [-0.39, 0.29) is 12.0 Å². The van der Waals surface area contributed by atoms with Gasteiger partial charge in [-0.2, -0.15) is 0 Å². The van der Waals surface area contributed by atoms with Gasteiger partial charge in [-0.15, -0.1) is 0 Å². The van der Waals surface area contributed by atoms with Crippen LogP contribution in [-0.4, -0.2) is 71.8 Å². The van der Waals surface area contributed by atoms with Crippen LogP contribution in [0, 0.1) is 11.8 Å². The first-order chi connectivity index (χ1) is 12.7. The maximum atomic E-state index is 13.2. The van der Waals surface area contributed by atoms with Crippen molar-refractivity contribution in [2.45, 2.75) is 71.3 Å². The normalized spacial score (nSPS) is 24.2. The third kappa shape index (κ3) is 4.24. The van der Waals surface area contributed by atoms with Crippen molar-refractivity contribution in [1.29, 1.82) is 0 Å². The van der Waals surface area contributed by atoms with Crippen LogP contribution in [0.25, 0.3) is 0 Å². The van der Waals surface area contributed by atoms with E-state index in [2.05, 4.69) is 23.6 Å². The second-order valence-electron chi connectivity index (χ2n) is 8.34. The van der Waals surface area contributed by atoms with Crippen molar-refractivity contribution in [3.63, 3.8) is 0 Å². The molecule has 26 heavy (non-hydrogen) atoms. The lowest BCUT2D eigenvalue weighted by Gasteiger charge is -2.42. The van der Waals surface area contributed by atoms with Crippen LogP contribution in [-0.2, 0) is 9.59 Å². The van der Waals surface area contributed by atoms with Gasteiger partial charge in [-0.3, -0.25) is 14.5 Å². The van der Waals surface area contributed by atoms with Gasteiger partial charge in [-0.25, -0.2) is 0 Å². The van der Waals surface area contributed by atoms with Crippen LogP contribution in [0.1, 0.15) is 65.2 Å². The van der Waals surface area contributed by atoms with Crippen LogP contribution >= 0.6 is 0 Å². The lowest BCUT2D eigenvalue weighted by atomic mass is 9.94. The number of likely N-dealkylation sites (N-methyl/N-ethyl adjacent to an activating group) is 1. The number of hydrogen-bond donors (Lipinski definition) is 0. The van der Waals surface area contributed by atoms with Crippen molar-refractivity contribution in [1.82, 2.24) is 14.7 Å². The molecule has 5 heteroatoms. The molecule has 148 valence electrons. The number of nitrogens with zero attached hydrogens (tertiary/aromatic N) is 3. The van der Waals surface area contributed by atoms with E-state index in [4.69, 9.17) is 0 Å². The van der Waals surface area contributed by atoms with Gasteiger partial charge in [0.25, 0.3) is 0 Å². The molecular weight excluding hydrogens is 326 g/mol. The Morgan fingerprint density at radius 2 is 1.42 bits per heavy atom. The van der Waals surface area contributed by atoms with Crippen LogP contribution in [0.2, 0.25) is 0 Å². The molecule has 1 saturated heterocycles. The first-order valence-electron chi connectivity index (χ1n) is 11.0. The molecule has 0 unspecified atom stereocenters. The maximum Gasteiger partial charge on any atom is 0.240 e. The van der Waals surface area contributed by atoms with Crippen LogP contribution in [0.3, 0.4) is 0 Å². The monoisotopic (exact) mass is 363 g/mol. The van der Waals surface area contributed by atoms with Gasteiger partial charge in [0, 0.05) is 45.2 Å². The molecule has 0 N–H and O–H groups in total. The van der Waals surface area contributed by atoms with Gasteiger partial charge in [0.15, 0.2) is 0 Å². The third-order valence-electron chi connectivity index (χ3n) is 6.90. The molecular formula is C21H37N3O2. The molecule has 1 heterocycles. The van der Waals surface area contributed by atoms with Crippen molar-refractivity contribution in [2.75, 3.05) is 39.3 Å². The molecule has 0 aromatic rings. The Kier molecular flexibility index (Phi) is 6.96. The van der Waals surface area contributed by atoms with Gasteiger partial charge < -0.3 is 9.80 Å². The first-order valence-corrected chi connectivity index (χ1v) is 11.0. The van der Waals surface area contributed by atoms with E-state index >= 15 is 0 Å². The Hall–Kier alpha value is -1.10. The molecule has 0 spiro atoms. The highest BCUT2D eigenvalue weighted by molar-refractivity contribution is 5.82. The molecule has 3 fully saturated rings. The first kappa shape index (κ1) is 19.7. The Bertz CT molecular complexity index is 472. The van der Waals surface area contributed by atoms with Crippen molar-refractivity contribution >= 4 is 11.8 Å². The number of hydrogen-bond acceptors (Lipinski definition) is 3. The molecule has 2 amide bonds. The lowest BCUT2D eigenvalue weighted by molar-refractivity contribution is -0.142. The molecule has 0 radical (unpaired) electrons. The summed E-state index contributed by atoms with van der Waals surface area (Å²) in [6, 6.07) is 0.0288. The van der Waals surface area contributed by atoms with Gasteiger partial charge in [-0.1, -0.05) is 25.7 Å². The van der Waals surface area contributed by atoms with Crippen molar-refractivity contribution in [3.8, 4) is 0 Å². The minimum absolute atomic E-state index is 0.0288. The second kappa shape index (κ2) is 9.20. The molecule has 3 aliphatic rings. The van der Waals surface area contributed by atoms with Crippen LogP contribution in [0.5, 0.6) is 0 Å². The van der Waals surface area contributed by atoms with Crippen LogP contribution in [0.4, 0.5) is 0 Å². The zero-order valence-corrected chi connectivity index (χ0v) is 16.8. The molecule has 5 nitrogen and oxygen atoms in total. The van der Waals surface area contributed by atoms with Crippen LogP contribution in [0.15, 0.2) is 0 Å². The van der Waals surface area contributed by atoms with Crippen molar-refractivity contribution in [3.05, 3.63) is 0 Å². The summed E-state index contributed by atoms with van der Waals surface area (Å²) in [4.78, 5) is 32.4. The zero-order chi connectivity index (χ0) is 18.5. The fraction of sp³-hybridized carbons (Fsp3) is 0.905. The number of piperazine rings is 1. The molecule has 2 aliphatic carbocycles. The summed E-state index contributed by atoms with van der Waals surface area (Å²) in [5, 5.41) is 0. The van der Waals surface area contributed by atoms with Crippen molar-refractivity contribution < 1.29 is 9.59 Å². The lowest BCUT2D eigenvalue weighted by Crippen LogP contribution is -2.59. The zero-order valence-electron chi connectivity index (χ0n) is 16.8. The third-order valence-corrected chi connectivity index (χ3v) is 6.90. The summed E-state index contributed by atoms with van der Waals surface area (Å²) < 4.78 is 0. The van der Waals surface area contributed by atoms with Gasteiger partial charge in [0.05, 0.1) is 6.04 Å². The highest BCUT2D eigenvalue weighted by atomic mass is 16.2. The Labute approximate surface area is 159 Å². The predicted molar refractivity (Wildman–Crippen MR) is 104 cm³/mol. The topological polar surface area (TPSA) is 43.9 Å². The number of amides is 2. The molecule has 0 aromatic carbocycles. The van der Waals surface area contributed by atoms with E-state index in [1.165, 1.54) is 38.5 Å². The molecule has 0 bridgehead atoms. The van der Waals surface area contributed by atoms with E-state index < -0.39 is 0 Å². The Morgan fingerprint density at radius 1 is 0.885 bits per heavy atom. The van der Waals surface area contributed by atoms with Crippen molar-refractivity contribution in [2.24, 2.45) is 11.8 Å². The second-order valence-corrected chi connectivity index (χ2v) is 8.34. The van der Waals surface area contributed by atoms with E-state index in [0.717, 1.165) is 52.1 Å². The summed E-state index contributed by atoms with van der Waals surface area (Å²) in [5.41, 5.74) is 0. The standard InChI is InChI=1S/C21H37N3O2/c1-3-22(4-2)21(26)19(17-9-5-6-10-17)23-13-15-24(16-14-23)20(25)18-11-7-8-12-18/h17-19H,3-16H2,1-2H3/t19-/m0/s1. The number of rotatable bonds is 6. The van der Waals surface area contributed by atoms with E-state index in [1.807, 2.05) is 4.90 Å². The highest BCUT2D eigenvalue weighted by Crippen LogP contribution is 2.32.